The van der Waals surface area contributed by atoms with E-state index < -0.39 is 0 Å². The van der Waals surface area contributed by atoms with Gasteiger partial charge in [0.2, 0.25) is 0 Å². The maximum atomic E-state index is 5.30. The lowest BCUT2D eigenvalue weighted by atomic mass is 9.96. The van der Waals surface area contributed by atoms with Gasteiger partial charge in [0.05, 0.1) is 51.4 Å². The molecule has 3 aliphatic carbocycles. The fourth-order valence-corrected chi connectivity index (χ4v) is 5.58. The van der Waals surface area contributed by atoms with Crippen LogP contribution in [-0.2, 0) is 0 Å². The maximum Gasteiger partial charge on any atom is 0.0900 e. The number of para-hydroxylation sites is 2. The van der Waals surface area contributed by atoms with Gasteiger partial charge in [-0.25, -0.2) is 4.98 Å². The number of fused-ring (bicyclic) bond motifs is 2. The quantitative estimate of drug-likeness (QED) is 0.270. The number of benzene rings is 2. The van der Waals surface area contributed by atoms with Gasteiger partial charge in [0.15, 0.2) is 0 Å². The summed E-state index contributed by atoms with van der Waals surface area (Å²) < 4.78 is 3.62. The summed E-state index contributed by atoms with van der Waals surface area (Å²) in [6, 6.07) is 17.3. The molecule has 6 heteroatoms. The lowest BCUT2D eigenvalue weighted by Crippen LogP contribution is -2.20. The molecule has 6 rings (SSSR count). The van der Waals surface area contributed by atoms with E-state index in [2.05, 4.69) is 85.4 Å². The molecule has 0 unspecified atom stereocenters. The summed E-state index contributed by atoms with van der Waals surface area (Å²) in [6.07, 6.45) is 14.4. The van der Waals surface area contributed by atoms with Gasteiger partial charge >= 0.3 is 0 Å². The zero-order valence-corrected chi connectivity index (χ0v) is 22.1. The van der Waals surface area contributed by atoms with E-state index in [9.17, 15) is 0 Å². The highest BCUT2D eigenvalue weighted by Crippen LogP contribution is 2.34. The van der Waals surface area contributed by atoms with Crippen LogP contribution < -0.4 is 10.7 Å². The van der Waals surface area contributed by atoms with Crippen LogP contribution in [0.2, 0.25) is 0 Å². The number of hydrogen-bond donors (Lipinski definition) is 1. The molecule has 0 spiro atoms. The molecule has 1 aliphatic heterocycles. The van der Waals surface area contributed by atoms with E-state index >= 15 is 0 Å². The molecule has 0 amide bonds. The Labute approximate surface area is 220 Å². The van der Waals surface area contributed by atoms with E-state index in [1.165, 1.54) is 29.4 Å². The van der Waals surface area contributed by atoms with Crippen LogP contribution in [0.15, 0.2) is 76.4 Å². The normalized spacial score (nSPS) is 17.3. The minimum Gasteiger partial charge on any atom is -0.352 e. The third-order valence-electron chi connectivity index (χ3n) is 7.15. The summed E-state index contributed by atoms with van der Waals surface area (Å²) in [5, 5.41) is 4.59. The summed E-state index contributed by atoms with van der Waals surface area (Å²) in [6.45, 7) is 2.01. The van der Waals surface area contributed by atoms with Crippen LogP contribution in [0, 0.1) is 6.92 Å². The summed E-state index contributed by atoms with van der Waals surface area (Å²) >= 11 is 3.67. The van der Waals surface area contributed by atoms with Gasteiger partial charge in [-0.05, 0) is 79.6 Å². The number of rotatable bonds is 4. The molecule has 0 radical (unpaired) electrons. The fourth-order valence-electron chi connectivity index (χ4n) is 5.25. The van der Waals surface area contributed by atoms with E-state index in [1.807, 2.05) is 19.2 Å². The zero-order chi connectivity index (χ0) is 24.5. The Bertz CT molecular complexity index is 1510. The topological polar surface area (TPSA) is 55.1 Å². The molecule has 2 aromatic rings. The van der Waals surface area contributed by atoms with Gasteiger partial charge in [0.25, 0.3) is 0 Å². The first-order chi connectivity index (χ1) is 17.6. The van der Waals surface area contributed by atoms with Crippen LogP contribution in [-0.4, -0.2) is 20.6 Å². The highest BCUT2D eigenvalue weighted by molar-refractivity contribution is 9.11. The van der Waals surface area contributed by atoms with Crippen molar-refractivity contribution in [3.63, 3.8) is 0 Å². The summed E-state index contributed by atoms with van der Waals surface area (Å²) in [5.74, 6) is 0. The molecular formula is C30H30BrN5. The summed E-state index contributed by atoms with van der Waals surface area (Å²) in [4.78, 5) is 14.9. The number of aryl methyl sites for hydroxylation is 1. The van der Waals surface area contributed by atoms with Crippen LogP contribution >= 0.6 is 15.9 Å². The number of nitrogens with zero attached hydrogens (tertiary/aromatic N) is 4. The summed E-state index contributed by atoms with van der Waals surface area (Å²) in [7, 11) is 0. The molecule has 1 saturated carbocycles. The van der Waals surface area contributed by atoms with Crippen molar-refractivity contribution in [1.82, 2.24) is 14.5 Å². The third-order valence-corrected chi connectivity index (χ3v) is 7.81. The second-order valence-corrected chi connectivity index (χ2v) is 10.8. The van der Waals surface area contributed by atoms with Crippen LogP contribution in [0.3, 0.4) is 0 Å². The minimum absolute atomic E-state index is 0.363. The van der Waals surface area contributed by atoms with E-state index in [0.717, 1.165) is 70.5 Å². The Balaban J connectivity index is 1.59. The number of allylic oxidation sites excluding steroid dienone is 4. The van der Waals surface area contributed by atoms with Gasteiger partial charge in [-0.15, -0.1) is 0 Å². The molecule has 0 saturated heterocycles. The van der Waals surface area contributed by atoms with Crippen LogP contribution in [0.5, 0.6) is 0 Å². The van der Waals surface area contributed by atoms with E-state index in [-0.39, 0.29) is 0 Å². The van der Waals surface area contributed by atoms with Gasteiger partial charge in [-0.2, -0.15) is 0 Å². The smallest absolute Gasteiger partial charge is 0.0900 e. The van der Waals surface area contributed by atoms with Crippen LogP contribution in [0.1, 0.15) is 50.6 Å². The largest absolute Gasteiger partial charge is 0.352 e. The Morgan fingerprint density at radius 2 is 1.86 bits per heavy atom. The van der Waals surface area contributed by atoms with Crippen molar-refractivity contribution in [2.45, 2.75) is 57.9 Å². The van der Waals surface area contributed by atoms with Crippen LogP contribution in [0.25, 0.3) is 28.1 Å². The Morgan fingerprint density at radius 3 is 2.64 bits per heavy atom. The van der Waals surface area contributed by atoms with Crippen molar-refractivity contribution >= 4 is 44.0 Å². The monoisotopic (exact) mass is 539 g/mol. The second-order valence-electron chi connectivity index (χ2n) is 9.80. The van der Waals surface area contributed by atoms with Crippen molar-refractivity contribution in [2.75, 3.05) is 5.32 Å². The predicted molar refractivity (Wildman–Crippen MR) is 152 cm³/mol. The third kappa shape index (κ3) is 4.74. The van der Waals surface area contributed by atoms with Gasteiger partial charge in [-0.1, -0.05) is 53.4 Å². The molecule has 4 aliphatic rings. The highest BCUT2D eigenvalue weighted by atomic mass is 79.9. The number of pyridine rings is 1. The first-order valence-electron chi connectivity index (χ1n) is 12.9. The Hall–Kier alpha value is -3.25. The van der Waals surface area contributed by atoms with Crippen molar-refractivity contribution in [3.05, 3.63) is 82.4 Å². The van der Waals surface area contributed by atoms with E-state index in [4.69, 9.17) is 9.98 Å². The standard InChI is InChI=1S/C30H30BrN5/c1-20-11-14-23(19-32-20)34-26-17-28-30(18-27(26)33-22-7-3-2-4-8-22)36(24-15-12-21(31)13-16-24)29-10-6-5-9-25(29)35-28/h5-6,9-12,14-15,17-19,22,34H,2-4,7-8,13,16H2,1H3. The van der Waals surface area contributed by atoms with E-state index in [0.29, 0.717) is 6.04 Å². The molecule has 0 atom stereocenters. The van der Waals surface area contributed by atoms with Gasteiger partial charge in [0.1, 0.15) is 0 Å². The minimum atomic E-state index is 0.363. The zero-order valence-electron chi connectivity index (χ0n) is 20.5. The molecular weight excluding hydrogens is 510 g/mol. The van der Waals surface area contributed by atoms with Crippen molar-refractivity contribution in [1.29, 1.82) is 0 Å². The maximum absolute atomic E-state index is 5.30. The molecule has 0 bridgehead atoms. The fraction of sp³-hybridized carbons (Fsp3) is 0.300. The van der Waals surface area contributed by atoms with Gasteiger partial charge in [0, 0.05) is 11.4 Å². The SMILES string of the molecule is Cc1ccc(Nc2cc3nc4ccccc4n(C4=CC=C(Br)CC4)c-3cc2=NC2CCCCC2)cn1. The molecule has 1 aromatic heterocycles. The van der Waals surface area contributed by atoms with Crippen LogP contribution in [0.4, 0.5) is 11.4 Å². The molecule has 1 aromatic carbocycles. The first kappa shape index (κ1) is 23.2. The van der Waals surface area contributed by atoms with Crippen molar-refractivity contribution < 1.29 is 0 Å². The highest BCUT2D eigenvalue weighted by Gasteiger charge is 2.20. The number of halogens is 1. The van der Waals surface area contributed by atoms with Gasteiger partial charge < -0.3 is 9.88 Å². The lowest BCUT2D eigenvalue weighted by molar-refractivity contribution is 0.437. The number of nitrogens with one attached hydrogen (secondary N) is 1. The molecule has 1 fully saturated rings. The average Bonchev–Trinajstić information content (AvgIpc) is 2.90. The number of aromatic nitrogens is 3. The molecule has 1 N–H and O–H groups in total. The Morgan fingerprint density at radius 1 is 1.00 bits per heavy atom. The van der Waals surface area contributed by atoms with Gasteiger partial charge in [-0.3, -0.25) is 9.98 Å². The predicted octanol–water partition coefficient (Wildman–Crippen LogP) is 7.74. The molecule has 2 heterocycles. The average molecular weight is 541 g/mol. The first-order valence-corrected chi connectivity index (χ1v) is 13.7. The number of anilines is 2. The lowest BCUT2D eigenvalue weighted by Gasteiger charge is -2.24. The Kier molecular flexibility index (Phi) is 6.45. The molecule has 182 valence electrons. The summed E-state index contributed by atoms with van der Waals surface area (Å²) in [5.41, 5.74) is 8.36. The van der Waals surface area contributed by atoms with E-state index in [1.54, 1.807) is 0 Å². The number of hydrogen-bond acceptors (Lipinski definition) is 4. The van der Waals surface area contributed by atoms with Crippen molar-refractivity contribution in [3.8, 4) is 11.4 Å². The molecule has 5 nitrogen and oxygen atoms in total. The van der Waals surface area contributed by atoms with Crippen molar-refractivity contribution in [2.24, 2.45) is 4.99 Å². The molecule has 36 heavy (non-hydrogen) atoms. The second kappa shape index (κ2) is 10.0.